The number of carbonyl (C=O) groups excluding carboxylic acids is 1. The zero-order chi connectivity index (χ0) is 21.3. The molecule has 0 aliphatic rings. The normalized spacial score (nSPS) is 11.0. The van der Waals surface area contributed by atoms with E-state index in [0.717, 1.165) is 22.0 Å². The summed E-state index contributed by atoms with van der Waals surface area (Å²) in [5, 5.41) is 8.16. The van der Waals surface area contributed by atoms with E-state index >= 15 is 0 Å². The minimum absolute atomic E-state index is 0.153. The van der Waals surface area contributed by atoms with E-state index in [-0.39, 0.29) is 36.0 Å². The first-order valence-electron chi connectivity index (χ1n) is 9.42. The highest BCUT2D eigenvalue weighted by molar-refractivity contribution is 6.31. The van der Waals surface area contributed by atoms with E-state index in [0.29, 0.717) is 16.3 Å². The molecule has 0 spiro atoms. The number of hydrogen-bond donors (Lipinski definition) is 2. The number of benzene rings is 2. The molecule has 7 nitrogen and oxygen atoms in total. The zero-order valence-corrected chi connectivity index (χ0v) is 17.2. The summed E-state index contributed by atoms with van der Waals surface area (Å²) >= 11 is 6.08. The van der Waals surface area contributed by atoms with Gasteiger partial charge in [-0.25, -0.2) is 0 Å². The van der Waals surface area contributed by atoms with Crippen molar-refractivity contribution in [3.05, 3.63) is 74.9 Å². The van der Waals surface area contributed by atoms with Gasteiger partial charge in [0.05, 0.1) is 5.56 Å². The van der Waals surface area contributed by atoms with Gasteiger partial charge in [0.25, 0.3) is 5.56 Å². The lowest BCUT2D eigenvalue weighted by atomic mass is 10.1. The maximum atomic E-state index is 12.4. The first-order valence-corrected chi connectivity index (χ1v) is 9.79. The first-order chi connectivity index (χ1) is 14.4. The molecule has 0 fully saturated rings. The minimum atomic E-state index is -0.298. The lowest BCUT2D eigenvalue weighted by Crippen LogP contribution is -2.12. The van der Waals surface area contributed by atoms with Crippen molar-refractivity contribution < 1.29 is 9.32 Å². The Balaban J connectivity index is 1.46. The van der Waals surface area contributed by atoms with Gasteiger partial charge in [0.15, 0.2) is 0 Å². The molecule has 8 heteroatoms. The number of H-pyrrole nitrogens is 1. The fraction of sp³-hybridized carbons (Fsp3) is 0.182. The van der Waals surface area contributed by atoms with Crippen LogP contribution < -0.4 is 10.9 Å². The van der Waals surface area contributed by atoms with Gasteiger partial charge in [0.2, 0.25) is 17.6 Å². The summed E-state index contributed by atoms with van der Waals surface area (Å²) in [6.07, 6.45) is 0.406. The van der Waals surface area contributed by atoms with Gasteiger partial charge in [-0.05, 0) is 55.1 Å². The number of hydrogen-bond acceptors (Lipinski definition) is 5. The number of halogens is 1. The van der Waals surface area contributed by atoms with Crippen molar-refractivity contribution in [3.63, 3.8) is 0 Å². The number of rotatable bonds is 5. The molecule has 0 bridgehead atoms. The second-order valence-corrected chi connectivity index (χ2v) is 7.53. The van der Waals surface area contributed by atoms with Crippen LogP contribution in [0.1, 0.15) is 23.4 Å². The van der Waals surface area contributed by atoms with Crippen LogP contribution in [0.5, 0.6) is 0 Å². The smallest absolute Gasteiger partial charge is 0.259 e. The topological polar surface area (TPSA) is 101 Å². The third-order valence-corrected chi connectivity index (χ3v) is 5.14. The molecule has 1 amide bonds. The predicted octanol–water partition coefficient (Wildman–Crippen LogP) is 4.42. The molecule has 0 aliphatic carbocycles. The Morgan fingerprint density at radius 2 is 2.00 bits per heavy atom. The van der Waals surface area contributed by atoms with Crippen molar-refractivity contribution >= 4 is 34.1 Å². The highest BCUT2D eigenvalue weighted by Crippen LogP contribution is 2.21. The number of aryl methyl sites for hydroxylation is 3. The summed E-state index contributed by atoms with van der Waals surface area (Å²) in [5.74, 6) is 0.278. The number of aromatic amines is 1. The molecule has 0 radical (unpaired) electrons. The van der Waals surface area contributed by atoms with E-state index in [4.69, 9.17) is 16.1 Å². The molecule has 4 aromatic rings. The van der Waals surface area contributed by atoms with Gasteiger partial charge in [-0.1, -0.05) is 34.5 Å². The van der Waals surface area contributed by atoms with Crippen LogP contribution in [0.4, 0.5) is 5.69 Å². The van der Waals surface area contributed by atoms with Crippen molar-refractivity contribution in [3.8, 4) is 11.4 Å². The molecular weight excluding hydrogens is 404 g/mol. The van der Waals surface area contributed by atoms with Crippen LogP contribution in [0.3, 0.4) is 0 Å². The Bertz CT molecular complexity index is 1310. The highest BCUT2D eigenvalue weighted by atomic mass is 35.5. The average molecular weight is 423 g/mol. The molecule has 2 aromatic carbocycles. The van der Waals surface area contributed by atoms with Crippen molar-refractivity contribution in [2.75, 3.05) is 5.32 Å². The molecule has 0 atom stereocenters. The Labute approximate surface area is 177 Å². The van der Waals surface area contributed by atoms with Crippen molar-refractivity contribution in [1.82, 2.24) is 15.1 Å². The Morgan fingerprint density at radius 1 is 1.17 bits per heavy atom. The molecule has 0 saturated carbocycles. The fourth-order valence-electron chi connectivity index (χ4n) is 3.07. The van der Waals surface area contributed by atoms with E-state index in [9.17, 15) is 9.59 Å². The van der Waals surface area contributed by atoms with Crippen molar-refractivity contribution in [2.45, 2.75) is 26.7 Å². The van der Waals surface area contributed by atoms with Crippen LogP contribution in [0.25, 0.3) is 22.3 Å². The van der Waals surface area contributed by atoms with E-state index in [1.165, 1.54) is 0 Å². The van der Waals surface area contributed by atoms with E-state index in [1.807, 2.05) is 38.1 Å². The lowest BCUT2D eigenvalue weighted by Gasteiger charge is -2.06. The van der Waals surface area contributed by atoms with E-state index < -0.39 is 0 Å². The molecule has 2 N–H and O–H groups in total. The average Bonchev–Trinajstić information content (AvgIpc) is 3.18. The maximum absolute atomic E-state index is 12.4. The van der Waals surface area contributed by atoms with Crippen LogP contribution in [-0.2, 0) is 11.2 Å². The van der Waals surface area contributed by atoms with Gasteiger partial charge in [-0.2, -0.15) is 4.98 Å². The van der Waals surface area contributed by atoms with Gasteiger partial charge < -0.3 is 14.8 Å². The molecule has 2 aromatic heterocycles. The van der Waals surface area contributed by atoms with Gasteiger partial charge >= 0.3 is 0 Å². The third-order valence-electron chi connectivity index (χ3n) is 4.73. The third kappa shape index (κ3) is 4.26. The maximum Gasteiger partial charge on any atom is 0.259 e. The van der Waals surface area contributed by atoms with E-state index in [2.05, 4.69) is 20.4 Å². The SMILES string of the molecule is Cc1ccc2[nH]c(=O)c(-c3noc(CCC(=O)Nc4ccc(C)c(Cl)c4)n3)cc2c1. The second-order valence-electron chi connectivity index (χ2n) is 7.13. The zero-order valence-electron chi connectivity index (χ0n) is 16.5. The molecule has 30 heavy (non-hydrogen) atoms. The van der Waals surface area contributed by atoms with Crippen LogP contribution in [-0.4, -0.2) is 21.0 Å². The summed E-state index contributed by atoms with van der Waals surface area (Å²) in [7, 11) is 0. The predicted molar refractivity (Wildman–Crippen MR) is 116 cm³/mol. The van der Waals surface area contributed by atoms with Gasteiger partial charge in [-0.15, -0.1) is 0 Å². The second kappa shape index (κ2) is 8.12. The lowest BCUT2D eigenvalue weighted by molar-refractivity contribution is -0.116. The molecular formula is C22H19ClN4O3. The van der Waals surface area contributed by atoms with Crippen LogP contribution >= 0.6 is 11.6 Å². The summed E-state index contributed by atoms with van der Waals surface area (Å²) in [4.78, 5) is 31.7. The Morgan fingerprint density at radius 3 is 2.80 bits per heavy atom. The number of amides is 1. The number of anilines is 1. The van der Waals surface area contributed by atoms with Crippen molar-refractivity contribution in [2.24, 2.45) is 0 Å². The van der Waals surface area contributed by atoms with Crippen molar-refractivity contribution in [1.29, 1.82) is 0 Å². The number of aromatic nitrogens is 3. The van der Waals surface area contributed by atoms with E-state index in [1.54, 1.807) is 18.2 Å². The molecule has 0 unspecified atom stereocenters. The number of fused-ring (bicyclic) bond motifs is 1. The van der Waals surface area contributed by atoms with Crippen LogP contribution in [0.15, 0.2) is 51.8 Å². The number of nitrogens with zero attached hydrogens (tertiary/aromatic N) is 2. The Hall–Kier alpha value is -3.45. The largest absolute Gasteiger partial charge is 0.339 e. The van der Waals surface area contributed by atoms with Gasteiger partial charge in [0.1, 0.15) is 0 Å². The quantitative estimate of drug-likeness (QED) is 0.495. The highest BCUT2D eigenvalue weighted by Gasteiger charge is 2.14. The van der Waals surface area contributed by atoms with Crippen LogP contribution in [0.2, 0.25) is 5.02 Å². The Kier molecular flexibility index (Phi) is 5.37. The molecule has 0 saturated heterocycles. The molecule has 2 heterocycles. The fourth-order valence-corrected chi connectivity index (χ4v) is 3.25. The molecule has 4 rings (SSSR count). The monoisotopic (exact) mass is 422 g/mol. The number of pyridine rings is 1. The van der Waals surface area contributed by atoms with Gasteiger partial charge in [0, 0.05) is 29.1 Å². The summed E-state index contributed by atoms with van der Waals surface area (Å²) < 4.78 is 5.23. The summed E-state index contributed by atoms with van der Waals surface area (Å²) in [5.41, 5.74) is 3.40. The summed E-state index contributed by atoms with van der Waals surface area (Å²) in [6, 6.07) is 12.8. The molecule has 152 valence electrons. The minimum Gasteiger partial charge on any atom is -0.339 e. The number of carbonyl (C=O) groups is 1. The standard InChI is InChI=1S/C22H19ClN4O3/c1-12-3-6-18-14(9-12)10-16(22(29)25-18)21-26-20(30-27-21)8-7-19(28)24-15-5-4-13(2)17(23)11-15/h3-6,9-11H,7-8H2,1-2H3,(H,24,28)(H,25,29). The summed E-state index contributed by atoms with van der Waals surface area (Å²) in [6.45, 7) is 3.87. The van der Waals surface area contributed by atoms with Gasteiger partial charge in [-0.3, -0.25) is 9.59 Å². The number of nitrogens with one attached hydrogen (secondary N) is 2. The molecule has 0 aliphatic heterocycles. The first kappa shape index (κ1) is 19.8. The van der Waals surface area contributed by atoms with Crippen LogP contribution in [0, 0.1) is 13.8 Å².